The van der Waals surface area contributed by atoms with E-state index in [2.05, 4.69) is 17.4 Å². The van der Waals surface area contributed by atoms with Crippen molar-refractivity contribution in [2.24, 2.45) is 0 Å². The van der Waals surface area contributed by atoms with E-state index in [0.29, 0.717) is 5.56 Å². The van der Waals surface area contributed by atoms with Crippen LogP contribution in [0, 0.1) is 0 Å². The van der Waals surface area contributed by atoms with Crippen molar-refractivity contribution in [1.82, 2.24) is 10.2 Å². The third kappa shape index (κ3) is 5.25. The summed E-state index contributed by atoms with van der Waals surface area (Å²) in [4.78, 5) is 26.6. The molecule has 0 aromatic heterocycles. The van der Waals surface area contributed by atoms with Crippen molar-refractivity contribution in [1.29, 1.82) is 0 Å². The highest BCUT2D eigenvalue weighted by Crippen LogP contribution is 2.31. The van der Waals surface area contributed by atoms with Crippen LogP contribution in [0.1, 0.15) is 53.2 Å². The SMILES string of the molecule is CNC(=O)c1ccc(/C=C/C(=O)N2CCCCC[C@H]2c2ccc(OC)cc2)cc1. The van der Waals surface area contributed by atoms with Crippen molar-refractivity contribution in [2.75, 3.05) is 20.7 Å². The van der Waals surface area contributed by atoms with Crippen LogP contribution in [0.2, 0.25) is 0 Å². The fourth-order valence-electron chi connectivity index (χ4n) is 3.70. The maximum absolute atomic E-state index is 13.0. The molecule has 0 bridgehead atoms. The highest BCUT2D eigenvalue weighted by molar-refractivity contribution is 5.95. The first kappa shape index (κ1) is 20.6. The Morgan fingerprint density at radius 1 is 1.03 bits per heavy atom. The van der Waals surface area contributed by atoms with E-state index in [1.165, 1.54) is 0 Å². The second-order valence-corrected chi connectivity index (χ2v) is 7.20. The average Bonchev–Trinajstić information content (AvgIpc) is 3.03. The van der Waals surface area contributed by atoms with Crippen LogP contribution < -0.4 is 10.1 Å². The van der Waals surface area contributed by atoms with Crippen molar-refractivity contribution in [3.63, 3.8) is 0 Å². The van der Waals surface area contributed by atoms with Gasteiger partial charge in [-0.1, -0.05) is 37.1 Å². The summed E-state index contributed by atoms with van der Waals surface area (Å²) in [6, 6.07) is 15.3. The van der Waals surface area contributed by atoms with Crippen molar-refractivity contribution in [2.45, 2.75) is 31.7 Å². The van der Waals surface area contributed by atoms with Crippen LogP contribution in [0.15, 0.2) is 54.6 Å². The fourth-order valence-corrected chi connectivity index (χ4v) is 3.70. The van der Waals surface area contributed by atoms with E-state index in [-0.39, 0.29) is 17.9 Å². The van der Waals surface area contributed by atoms with Crippen molar-refractivity contribution < 1.29 is 14.3 Å². The molecule has 1 aliphatic rings. The van der Waals surface area contributed by atoms with E-state index < -0.39 is 0 Å². The molecule has 0 radical (unpaired) electrons. The van der Waals surface area contributed by atoms with Crippen LogP contribution in [-0.4, -0.2) is 37.4 Å². The minimum absolute atomic E-state index is 0.0168. The molecular weight excluding hydrogens is 364 g/mol. The molecular formula is C24H28N2O3. The van der Waals surface area contributed by atoms with Gasteiger partial charge < -0.3 is 15.0 Å². The van der Waals surface area contributed by atoms with Gasteiger partial charge in [-0.15, -0.1) is 0 Å². The summed E-state index contributed by atoms with van der Waals surface area (Å²) in [5, 5.41) is 2.60. The topological polar surface area (TPSA) is 58.6 Å². The lowest BCUT2D eigenvalue weighted by Gasteiger charge is -2.29. The number of ether oxygens (including phenoxy) is 1. The maximum Gasteiger partial charge on any atom is 0.251 e. The summed E-state index contributed by atoms with van der Waals surface area (Å²) in [5.41, 5.74) is 2.63. The Kier molecular flexibility index (Phi) is 7.06. The molecule has 0 saturated carbocycles. The predicted molar refractivity (Wildman–Crippen MR) is 115 cm³/mol. The van der Waals surface area contributed by atoms with Crippen molar-refractivity contribution in [3.8, 4) is 5.75 Å². The number of likely N-dealkylation sites (tertiary alicyclic amines) is 1. The molecule has 1 atom stereocenters. The fraction of sp³-hybridized carbons (Fsp3) is 0.333. The number of nitrogens with one attached hydrogen (secondary N) is 1. The lowest BCUT2D eigenvalue weighted by molar-refractivity contribution is -0.128. The minimum atomic E-state index is -0.122. The van der Waals surface area contributed by atoms with E-state index in [9.17, 15) is 9.59 Å². The molecule has 1 heterocycles. The Bertz CT molecular complexity index is 857. The highest BCUT2D eigenvalue weighted by Gasteiger charge is 2.25. The molecule has 29 heavy (non-hydrogen) atoms. The number of methoxy groups -OCH3 is 1. The van der Waals surface area contributed by atoms with E-state index >= 15 is 0 Å². The van der Waals surface area contributed by atoms with Crippen LogP contribution in [0.25, 0.3) is 6.08 Å². The average molecular weight is 392 g/mol. The van der Waals surface area contributed by atoms with Gasteiger partial charge in [0.05, 0.1) is 13.2 Å². The maximum atomic E-state index is 13.0. The zero-order valence-electron chi connectivity index (χ0n) is 17.1. The Balaban J connectivity index is 1.75. The number of carbonyl (C=O) groups excluding carboxylic acids is 2. The van der Waals surface area contributed by atoms with Gasteiger partial charge in [0.15, 0.2) is 0 Å². The number of hydrogen-bond donors (Lipinski definition) is 1. The summed E-state index contributed by atoms with van der Waals surface area (Å²) in [5.74, 6) is 0.715. The summed E-state index contributed by atoms with van der Waals surface area (Å²) in [7, 11) is 3.26. The minimum Gasteiger partial charge on any atom is -0.497 e. The van der Waals surface area contributed by atoms with Crippen LogP contribution in [-0.2, 0) is 4.79 Å². The first-order chi connectivity index (χ1) is 14.1. The molecule has 1 N–H and O–H groups in total. The summed E-state index contributed by atoms with van der Waals surface area (Å²) in [6.45, 7) is 0.759. The molecule has 152 valence electrons. The molecule has 0 spiro atoms. The lowest BCUT2D eigenvalue weighted by Crippen LogP contribution is -2.33. The molecule has 2 aromatic carbocycles. The van der Waals surface area contributed by atoms with Gasteiger partial charge in [-0.2, -0.15) is 0 Å². The van der Waals surface area contributed by atoms with Crippen LogP contribution in [0.3, 0.4) is 0 Å². The largest absolute Gasteiger partial charge is 0.497 e. The van der Waals surface area contributed by atoms with E-state index in [1.807, 2.05) is 35.2 Å². The van der Waals surface area contributed by atoms with Crippen LogP contribution in [0.5, 0.6) is 5.75 Å². The van der Waals surface area contributed by atoms with Gasteiger partial charge in [0.2, 0.25) is 5.91 Å². The lowest BCUT2D eigenvalue weighted by atomic mass is 10.0. The summed E-state index contributed by atoms with van der Waals surface area (Å²) < 4.78 is 5.26. The number of rotatable bonds is 5. The van der Waals surface area contributed by atoms with Gasteiger partial charge in [0, 0.05) is 25.2 Å². The highest BCUT2D eigenvalue weighted by atomic mass is 16.5. The predicted octanol–water partition coefficient (Wildman–Crippen LogP) is 4.21. The van der Waals surface area contributed by atoms with Crippen LogP contribution >= 0.6 is 0 Å². The molecule has 1 aliphatic heterocycles. The Morgan fingerprint density at radius 3 is 2.41 bits per heavy atom. The second kappa shape index (κ2) is 9.92. The van der Waals surface area contributed by atoms with E-state index in [0.717, 1.165) is 49.1 Å². The number of carbonyl (C=O) groups is 2. The van der Waals surface area contributed by atoms with Gasteiger partial charge in [0.25, 0.3) is 5.91 Å². The zero-order valence-corrected chi connectivity index (χ0v) is 17.1. The molecule has 3 rings (SSSR count). The summed E-state index contributed by atoms with van der Waals surface area (Å²) in [6.07, 6.45) is 7.69. The Labute approximate surface area is 172 Å². The first-order valence-electron chi connectivity index (χ1n) is 10.1. The van der Waals surface area contributed by atoms with Gasteiger partial charge in [-0.05, 0) is 54.3 Å². The van der Waals surface area contributed by atoms with Gasteiger partial charge >= 0.3 is 0 Å². The van der Waals surface area contributed by atoms with Crippen molar-refractivity contribution in [3.05, 3.63) is 71.3 Å². The quantitative estimate of drug-likeness (QED) is 0.776. The van der Waals surface area contributed by atoms with Gasteiger partial charge in [-0.3, -0.25) is 9.59 Å². The molecule has 5 heteroatoms. The Hall–Kier alpha value is -3.08. The molecule has 5 nitrogen and oxygen atoms in total. The molecule has 0 aliphatic carbocycles. The molecule has 2 amide bonds. The van der Waals surface area contributed by atoms with Crippen LogP contribution in [0.4, 0.5) is 0 Å². The van der Waals surface area contributed by atoms with Crippen molar-refractivity contribution >= 4 is 17.9 Å². The molecule has 0 unspecified atom stereocenters. The normalized spacial score (nSPS) is 17.0. The van der Waals surface area contributed by atoms with E-state index in [1.54, 1.807) is 32.4 Å². The molecule has 2 aromatic rings. The second-order valence-electron chi connectivity index (χ2n) is 7.20. The number of hydrogen-bond acceptors (Lipinski definition) is 3. The monoisotopic (exact) mass is 392 g/mol. The number of nitrogens with zero attached hydrogens (tertiary/aromatic N) is 1. The number of benzene rings is 2. The zero-order chi connectivity index (χ0) is 20.6. The standard InChI is InChI=1S/C24H28N2O3/c1-25-24(28)20-10-7-18(8-11-20)9-16-23(27)26-17-5-3-4-6-22(26)19-12-14-21(29-2)15-13-19/h7-16,22H,3-6,17H2,1-2H3,(H,25,28)/b16-9+/t22-/m0/s1. The third-order valence-electron chi connectivity index (χ3n) is 5.35. The smallest absolute Gasteiger partial charge is 0.251 e. The van der Waals surface area contributed by atoms with Gasteiger partial charge in [-0.25, -0.2) is 0 Å². The molecule has 1 fully saturated rings. The van der Waals surface area contributed by atoms with Gasteiger partial charge in [0.1, 0.15) is 5.75 Å². The first-order valence-corrected chi connectivity index (χ1v) is 10.1. The molecule has 1 saturated heterocycles. The third-order valence-corrected chi connectivity index (χ3v) is 5.35. The Morgan fingerprint density at radius 2 is 1.76 bits per heavy atom. The summed E-state index contributed by atoms with van der Waals surface area (Å²) >= 11 is 0. The number of amides is 2. The van der Waals surface area contributed by atoms with E-state index in [4.69, 9.17) is 4.74 Å².